The van der Waals surface area contributed by atoms with Crippen LogP contribution in [0.3, 0.4) is 0 Å². The van der Waals surface area contributed by atoms with Crippen molar-refractivity contribution in [1.82, 2.24) is 5.32 Å². The van der Waals surface area contributed by atoms with Gasteiger partial charge in [-0.1, -0.05) is 294 Å². The summed E-state index contributed by atoms with van der Waals surface area (Å²) < 4.78 is 23.4. The summed E-state index contributed by atoms with van der Waals surface area (Å²) in [6.07, 6.45) is 78.1. The predicted molar refractivity (Wildman–Crippen MR) is 330 cm³/mol. The van der Waals surface area contributed by atoms with Gasteiger partial charge in [0.2, 0.25) is 5.91 Å². The molecule has 76 heavy (non-hydrogen) atoms. The molecule has 0 spiro atoms. The lowest BCUT2D eigenvalue weighted by Gasteiger charge is -2.29. The van der Waals surface area contributed by atoms with Gasteiger partial charge in [-0.2, -0.15) is 0 Å². The summed E-state index contributed by atoms with van der Waals surface area (Å²) in [5.41, 5.74) is 0. The maximum Gasteiger partial charge on any atom is 0.268 e. The maximum absolute atomic E-state index is 13.0. The van der Waals surface area contributed by atoms with Crippen molar-refractivity contribution in [2.24, 2.45) is 0 Å². The van der Waals surface area contributed by atoms with Gasteiger partial charge < -0.3 is 28.8 Å². The van der Waals surface area contributed by atoms with E-state index in [0.717, 1.165) is 44.9 Å². The number of amides is 1. The number of carbonyl (C=O) groups is 1. The van der Waals surface area contributed by atoms with Crippen LogP contribution in [0.25, 0.3) is 0 Å². The number of nitrogens with one attached hydrogen (secondary N) is 1. The summed E-state index contributed by atoms with van der Waals surface area (Å²) in [5.74, 6) is -0.206. The molecule has 0 aliphatic rings. The zero-order valence-electron chi connectivity index (χ0n) is 51.2. The Bertz CT molecular complexity index is 1380. The molecule has 0 aromatic rings. The number of phosphoric ester groups is 1. The molecule has 0 aromatic heterocycles. The Morgan fingerprint density at radius 2 is 0.737 bits per heavy atom. The molecule has 0 rings (SSSR count). The van der Waals surface area contributed by atoms with Gasteiger partial charge in [0.15, 0.2) is 0 Å². The molecule has 0 saturated heterocycles. The Hall–Kier alpha value is -1.54. The molecule has 2 N–H and O–H groups in total. The molecule has 1 amide bonds. The highest BCUT2D eigenvalue weighted by Gasteiger charge is 2.23. The molecule has 3 unspecified atom stereocenters. The number of carbonyl (C=O) groups excluding carboxylic acids is 1. The Labute approximate surface area is 473 Å². The molecule has 0 fully saturated rings. The Balaban J connectivity index is 3.97. The van der Waals surface area contributed by atoms with Crippen molar-refractivity contribution in [2.45, 2.75) is 334 Å². The smallest absolute Gasteiger partial charge is 0.268 e. The normalized spacial score (nSPS) is 14.0. The van der Waals surface area contributed by atoms with E-state index < -0.39 is 26.6 Å². The van der Waals surface area contributed by atoms with E-state index in [-0.39, 0.29) is 12.5 Å². The minimum Gasteiger partial charge on any atom is -0.756 e. The molecule has 448 valence electrons. The van der Waals surface area contributed by atoms with Gasteiger partial charge in [-0.25, -0.2) is 0 Å². The lowest BCUT2D eigenvalue weighted by atomic mass is 10.0. The average Bonchev–Trinajstić information content (AvgIpc) is 3.38. The van der Waals surface area contributed by atoms with Gasteiger partial charge in [-0.3, -0.25) is 9.36 Å². The van der Waals surface area contributed by atoms with Crippen LogP contribution in [0.2, 0.25) is 0 Å². The first-order chi connectivity index (χ1) is 37.0. The number of hydrogen-bond donors (Lipinski definition) is 2. The second-order valence-corrected chi connectivity index (χ2v) is 25.2. The molecule has 3 atom stereocenters. The number of quaternary nitrogens is 1. The third kappa shape index (κ3) is 60.1. The van der Waals surface area contributed by atoms with Crippen LogP contribution in [0.1, 0.15) is 322 Å². The number of unbranched alkanes of at least 4 members (excludes halogenated alkanes) is 42. The van der Waals surface area contributed by atoms with E-state index >= 15 is 0 Å². The van der Waals surface area contributed by atoms with Gasteiger partial charge in [0.25, 0.3) is 7.82 Å². The Morgan fingerprint density at radius 1 is 0.447 bits per heavy atom. The first-order valence-corrected chi connectivity index (χ1v) is 34.5. The van der Waals surface area contributed by atoms with Crippen molar-refractivity contribution >= 4 is 13.7 Å². The lowest BCUT2D eigenvalue weighted by molar-refractivity contribution is -0.870. The van der Waals surface area contributed by atoms with E-state index in [4.69, 9.17) is 9.05 Å². The second-order valence-electron chi connectivity index (χ2n) is 23.8. The minimum absolute atomic E-state index is 0.00810. The van der Waals surface area contributed by atoms with Crippen LogP contribution in [0.15, 0.2) is 48.6 Å². The number of phosphoric acid groups is 1. The standard InChI is InChI=1S/C67H129N2O6P/c1-6-8-10-12-14-16-18-20-22-24-25-26-27-28-29-30-31-32-33-34-35-36-37-38-39-40-41-42-43-45-47-49-51-53-55-57-59-61-67(71)68-65(64-75-76(72,73)74-63-62-69(3,4)5)66(70)60-58-56-54-52-50-48-46-44-23-21-19-17-15-13-11-9-7-2/h23-25,44,50,52,58,60,65-66,70H,6-22,26-43,45-49,51,53-57,59,61-64H2,1-5H3,(H-,68,71,72,73)/b25-24-,44-23+,52-50+,60-58+. The largest absolute Gasteiger partial charge is 0.756 e. The van der Waals surface area contributed by atoms with Crippen molar-refractivity contribution in [3.8, 4) is 0 Å². The number of aliphatic hydroxyl groups excluding tert-OH is 1. The highest BCUT2D eigenvalue weighted by atomic mass is 31.2. The monoisotopic (exact) mass is 1090 g/mol. The molecule has 0 radical (unpaired) electrons. The van der Waals surface area contributed by atoms with Crippen LogP contribution in [0.4, 0.5) is 0 Å². The molecule has 9 heteroatoms. The summed E-state index contributed by atoms with van der Waals surface area (Å²) in [4.78, 5) is 25.5. The fourth-order valence-corrected chi connectivity index (χ4v) is 10.6. The van der Waals surface area contributed by atoms with E-state index in [1.807, 2.05) is 27.2 Å². The second kappa shape index (κ2) is 58.1. The Morgan fingerprint density at radius 3 is 1.07 bits per heavy atom. The third-order valence-corrected chi connectivity index (χ3v) is 16.0. The molecule has 0 saturated carbocycles. The third-order valence-electron chi connectivity index (χ3n) is 15.0. The summed E-state index contributed by atoms with van der Waals surface area (Å²) >= 11 is 0. The number of likely N-dealkylation sites (N-methyl/N-ethyl adjacent to an activating group) is 1. The van der Waals surface area contributed by atoms with E-state index in [9.17, 15) is 19.4 Å². The topological polar surface area (TPSA) is 108 Å². The first kappa shape index (κ1) is 74.5. The van der Waals surface area contributed by atoms with Gasteiger partial charge in [0, 0.05) is 6.42 Å². The van der Waals surface area contributed by atoms with Gasteiger partial charge in [-0.15, -0.1) is 0 Å². The van der Waals surface area contributed by atoms with Crippen molar-refractivity contribution in [2.75, 3.05) is 40.9 Å². The zero-order chi connectivity index (χ0) is 55.6. The van der Waals surface area contributed by atoms with Gasteiger partial charge in [0.05, 0.1) is 39.9 Å². The van der Waals surface area contributed by atoms with Crippen LogP contribution in [-0.2, 0) is 18.4 Å². The SMILES string of the molecule is CCCCCCCCC/C=C/CC/C=C/CC/C=C/C(O)C(COP(=O)([O-])OCC[N+](C)(C)C)NC(=O)CCCCCCCCCCCCCCCCCCCCCCCCCCC/C=C\CCCCCCCCCC. The van der Waals surface area contributed by atoms with Gasteiger partial charge >= 0.3 is 0 Å². The number of allylic oxidation sites excluding steroid dienone is 7. The van der Waals surface area contributed by atoms with Crippen LogP contribution < -0.4 is 10.2 Å². The quantitative estimate of drug-likeness (QED) is 0.0272. The number of hydrogen-bond acceptors (Lipinski definition) is 6. The van der Waals surface area contributed by atoms with Crippen LogP contribution in [0, 0.1) is 0 Å². The molecule has 0 bridgehead atoms. The summed E-state index contributed by atoms with van der Waals surface area (Å²) in [5, 5.41) is 13.9. The molecular weight excluding hydrogens is 960 g/mol. The van der Waals surface area contributed by atoms with E-state index in [0.29, 0.717) is 17.4 Å². The maximum atomic E-state index is 13.0. The van der Waals surface area contributed by atoms with Crippen molar-refractivity contribution in [3.05, 3.63) is 48.6 Å². The van der Waals surface area contributed by atoms with Crippen molar-refractivity contribution < 1.29 is 32.9 Å². The molecule has 8 nitrogen and oxygen atoms in total. The fraction of sp³-hybridized carbons (Fsp3) is 0.866. The fourth-order valence-electron chi connectivity index (χ4n) is 9.83. The highest BCUT2D eigenvalue weighted by molar-refractivity contribution is 7.45. The van der Waals surface area contributed by atoms with Crippen molar-refractivity contribution in [1.29, 1.82) is 0 Å². The van der Waals surface area contributed by atoms with Crippen molar-refractivity contribution in [3.63, 3.8) is 0 Å². The lowest BCUT2D eigenvalue weighted by Crippen LogP contribution is -2.45. The molecular formula is C67H129N2O6P. The highest BCUT2D eigenvalue weighted by Crippen LogP contribution is 2.38. The number of aliphatic hydroxyl groups is 1. The van der Waals surface area contributed by atoms with Crippen LogP contribution in [0.5, 0.6) is 0 Å². The molecule has 0 aliphatic heterocycles. The van der Waals surface area contributed by atoms with Crippen LogP contribution in [-0.4, -0.2) is 68.5 Å². The van der Waals surface area contributed by atoms with Gasteiger partial charge in [-0.05, 0) is 70.6 Å². The summed E-state index contributed by atoms with van der Waals surface area (Å²) in [7, 11) is 1.24. The zero-order valence-corrected chi connectivity index (χ0v) is 52.1. The average molecular weight is 1090 g/mol. The van der Waals surface area contributed by atoms with E-state index in [2.05, 4.69) is 55.6 Å². The minimum atomic E-state index is -4.61. The molecule has 0 aliphatic carbocycles. The number of nitrogens with zero attached hydrogens (tertiary/aromatic N) is 1. The number of rotatable bonds is 61. The first-order valence-electron chi connectivity index (χ1n) is 33.0. The summed E-state index contributed by atoms with van der Waals surface area (Å²) in [6, 6.07) is -0.909. The molecule has 0 heterocycles. The summed E-state index contributed by atoms with van der Waals surface area (Å²) in [6.45, 7) is 4.64. The van der Waals surface area contributed by atoms with E-state index in [1.165, 1.54) is 257 Å². The predicted octanol–water partition coefficient (Wildman–Crippen LogP) is 20.0. The Kier molecular flexibility index (Phi) is 56.9. The van der Waals surface area contributed by atoms with Gasteiger partial charge in [0.1, 0.15) is 13.2 Å². The van der Waals surface area contributed by atoms with Crippen LogP contribution >= 0.6 is 7.82 Å². The molecule has 0 aromatic carbocycles. The van der Waals surface area contributed by atoms with E-state index in [1.54, 1.807) is 6.08 Å².